The van der Waals surface area contributed by atoms with E-state index < -0.39 is 17.5 Å². The fourth-order valence-corrected chi connectivity index (χ4v) is 8.70. The van der Waals surface area contributed by atoms with E-state index in [1.54, 1.807) is 11.8 Å². The van der Waals surface area contributed by atoms with Crippen molar-refractivity contribution in [2.75, 3.05) is 25.3 Å². The van der Waals surface area contributed by atoms with E-state index >= 15 is 0 Å². The van der Waals surface area contributed by atoms with Gasteiger partial charge in [-0.15, -0.1) is 0 Å². The molecule has 0 saturated heterocycles. The number of hydrogen-bond acceptors (Lipinski definition) is 8. The van der Waals surface area contributed by atoms with E-state index in [9.17, 15) is 0 Å². The molecule has 1 heterocycles. The second-order valence-electron chi connectivity index (χ2n) is 7.28. The highest BCUT2D eigenvalue weighted by Crippen LogP contribution is 2.55. The third-order valence-corrected chi connectivity index (χ3v) is 9.84. The molecule has 0 aliphatic heterocycles. The average molecular weight is 520 g/mol. The van der Waals surface area contributed by atoms with Gasteiger partial charge in [0.25, 0.3) is 5.44 Å². The highest BCUT2D eigenvalue weighted by atomic mass is 35.7. The van der Waals surface area contributed by atoms with Gasteiger partial charge < -0.3 is 9.32 Å². The smallest absolute Gasteiger partial charge is 0.301 e. The molecule has 178 valence electrons. The molecule has 0 atom stereocenters. The Morgan fingerprint density at radius 3 is 1.44 bits per heavy atom. The van der Waals surface area contributed by atoms with Gasteiger partial charge in [-0.05, 0) is 42.7 Å². The summed E-state index contributed by atoms with van der Waals surface area (Å²) in [4.78, 5) is 7.00. The van der Waals surface area contributed by atoms with Crippen molar-refractivity contribution in [1.29, 1.82) is 0 Å². The highest BCUT2D eigenvalue weighted by Gasteiger charge is 2.52. The van der Waals surface area contributed by atoms with Gasteiger partial charge in [-0.2, -0.15) is 19.0 Å². The van der Waals surface area contributed by atoms with Crippen LogP contribution in [-0.2, 0) is 0 Å². The Balaban J connectivity index is 0.000000588. The molecule has 10 heteroatoms. The van der Waals surface area contributed by atoms with Crippen LogP contribution >= 0.6 is 19.0 Å². The van der Waals surface area contributed by atoms with Gasteiger partial charge in [-0.1, -0.05) is 66.4 Å². The Morgan fingerprint density at radius 2 is 1.15 bits per heavy atom. The predicted molar refractivity (Wildman–Crippen MR) is 130 cm³/mol. The summed E-state index contributed by atoms with van der Waals surface area (Å²) in [6.45, 7) is 0. The van der Waals surface area contributed by atoms with E-state index in [0.29, 0.717) is 6.01 Å². The number of aromatic nitrogens is 1. The number of hydrogen-bond donors (Lipinski definition) is 1. The third kappa shape index (κ3) is 5.98. The molecule has 0 bridgehead atoms. The molecule has 4 rings (SSSR count). The molecule has 0 unspecified atom stereocenters. The summed E-state index contributed by atoms with van der Waals surface area (Å²) in [6, 6.07) is 32.9. The fraction of sp³-hybridized carbons (Fsp3) is 0.125. The molecule has 0 aliphatic carbocycles. The lowest BCUT2D eigenvalue weighted by Crippen LogP contribution is -2.58. The maximum atomic E-state index is 8.60. The molecule has 0 saturated carbocycles. The van der Waals surface area contributed by atoms with Gasteiger partial charge in [0.15, 0.2) is 7.26 Å². The summed E-state index contributed by atoms with van der Waals surface area (Å²) >= 11 is 1.62. The molecule has 1 N–H and O–H groups in total. The lowest BCUT2D eigenvalue weighted by atomic mass is 10.4. The van der Waals surface area contributed by atoms with Crippen LogP contribution < -0.4 is 40.2 Å². The summed E-state index contributed by atoms with van der Waals surface area (Å²) < 4.78 is 38.9. The second-order valence-corrected chi connectivity index (χ2v) is 12.2. The van der Waals surface area contributed by atoms with Crippen molar-refractivity contribution in [3.63, 3.8) is 0 Å². The zero-order valence-electron chi connectivity index (χ0n) is 18.9. The second kappa shape index (κ2) is 11.3. The molecule has 0 fully saturated rings. The van der Waals surface area contributed by atoms with E-state index in [4.69, 9.17) is 28.0 Å². The Hall–Kier alpha value is -2.42. The number of anilines is 1. The Kier molecular flexibility index (Phi) is 8.73. The Bertz CT molecular complexity index is 1070. The van der Waals surface area contributed by atoms with Gasteiger partial charge in [0.05, 0.1) is 14.9 Å². The fourth-order valence-electron chi connectivity index (χ4n) is 3.59. The van der Waals surface area contributed by atoms with Crippen molar-refractivity contribution in [2.45, 2.75) is 5.09 Å². The molecule has 0 amide bonds. The number of thioether (sulfide) groups is 1. The van der Waals surface area contributed by atoms with Crippen LogP contribution in [0.5, 0.6) is 0 Å². The highest BCUT2D eigenvalue weighted by molar-refractivity contribution is 8.04. The number of rotatable bonds is 6. The average Bonchev–Trinajstić information content (AvgIpc) is 3.26. The Labute approximate surface area is 205 Å². The first-order chi connectivity index (χ1) is 16.2. The molecule has 0 aliphatic rings. The third-order valence-electron chi connectivity index (χ3n) is 4.88. The normalized spacial score (nSPS) is 11.5. The maximum Gasteiger partial charge on any atom is 0.301 e. The molecular weight excluding hydrogens is 495 g/mol. The van der Waals surface area contributed by atoms with E-state index in [1.807, 2.05) is 19.0 Å². The van der Waals surface area contributed by atoms with Crippen LogP contribution in [0.3, 0.4) is 0 Å². The van der Waals surface area contributed by atoms with Gasteiger partial charge in [-0.25, -0.2) is 0 Å². The van der Waals surface area contributed by atoms with Crippen molar-refractivity contribution in [1.82, 2.24) is 4.98 Å². The van der Waals surface area contributed by atoms with Gasteiger partial charge in [0.1, 0.15) is 15.9 Å². The topological polar surface area (TPSA) is 119 Å². The van der Waals surface area contributed by atoms with Crippen LogP contribution in [0.2, 0.25) is 0 Å². The van der Waals surface area contributed by atoms with Crippen LogP contribution in [0.15, 0.2) is 101 Å². The van der Waals surface area contributed by atoms with Gasteiger partial charge in [-0.3, -0.25) is 0 Å². The van der Waals surface area contributed by atoms with Crippen molar-refractivity contribution in [3.05, 3.63) is 91.0 Å². The van der Waals surface area contributed by atoms with Crippen LogP contribution in [0.4, 0.5) is 6.01 Å². The SMILES string of the molecule is CSc1oc(N(C)C)nc1[P+](c1ccccc1)(c1ccccc1)c1ccccc1.[O-][Cl+3]([O-])([O-])O. The monoisotopic (exact) mass is 519 g/mol. The van der Waals surface area contributed by atoms with E-state index in [-0.39, 0.29) is 0 Å². The predicted octanol–water partition coefficient (Wildman–Crippen LogP) is -0.0421. The van der Waals surface area contributed by atoms with Gasteiger partial charge in [0.2, 0.25) is 5.09 Å². The van der Waals surface area contributed by atoms with Crippen LogP contribution in [0, 0.1) is 10.2 Å². The van der Waals surface area contributed by atoms with Crippen molar-refractivity contribution >= 4 is 46.4 Å². The van der Waals surface area contributed by atoms with Gasteiger partial charge in [0, 0.05) is 14.1 Å². The Morgan fingerprint density at radius 1 is 0.794 bits per heavy atom. The molecule has 0 radical (unpaired) electrons. The summed E-state index contributed by atoms with van der Waals surface area (Å²) in [5, 5.41) is 4.68. The molecule has 4 aromatic rings. The zero-order valence-corrected chi connectivity index (χ0v) is 21.3. The molecule has 3 aromatic carbocycles. The minimum absolute atomic E-state index is 0.636. The van der Waals surface area contributed by atoms with E-state index in [0.717, 1.165) is 10.5 Å². The summed E-state index contributed by atoms with van der Waals surface area (Å²) in [7, 11) is -2.99. The minimum atomic E-state index is -4.69. The standard InChI is InChI=1S/C24H24N2OPS.ClHO4/c1-26(2)24-25-22(23(27-24)29-3)28(19-13-7-4-8-14-19,20-15-9-5-10-16-20)21-17-11-6-12-18-21;2-1(3,4)5/h4-18H,1-3H3;(H,2,3,4,5)/q+1;. The quantitative estimate of drug-likeness (QED) is 0.278. The first-order valence-corrected chi connectivity index (χ1v) is 14.4. The largest absolute Gasteiger partial charge is 0.412 e. The molecule has 0 spiro atoms. The lowest BCUT2D eigenvalue weighted by molar-refractivity contribution is -1.92. The summed E-state index contributed by atoms with van der Waals surface area (Å²) in [5.41, 5.74) is 1.03. The van der Waals surface area contributed by atoms with Crippen molar-refractivity contribution in [3.8, 4) is 0 Å². The van der Waals surface area contributed by atoms with Crippen LogP contribution in [-0.4, -0.2) is 30.0 Å². The molecule has 7 nitrogen and oxygen atoms in total. The molecule has 1 aromatic heterocycles. The van der Waals surface area contributed by atoms with Gasteiger partial charge >= 0.3 is 6.01 Å². The first-order valence-electron chi connectivity index (χ1n) is 10.1. The van der Waals surface area contributed by atoms with Crippen molar-refractivity contribution in [2.24, 2.45) is 0 Å². The number of halogens is 1. The zero-order chi connectivity index (χ0) is 24.8. The van der Waals surface area contributed by atoms with E-state index in [2.05, 4.69) is 97.3 Å². The summed E-state index contributed by atoms with van der Waals surface area (Å²) in [5.74, 6) is 0. The summed E-state index contributed by atoms with van der Waals surface area (Å²) in [6.07, 6.45) is 2.05. The van der Waals surface area contributed by atoms with Crippen molar-refractivity contribution < 1.29 is 33.3 Å². The minimum Gasteiger partial charge on any atom is -0.412 e. The molecular formula is C24H25ClN2O5PS+. The van der Waals surface area contributed by atoms with Crippen LogP contribution in [0.1, 0.15) is 0 Å². The lowest BCUT2D eigenvalue weighted by Gasteiger charge is -2.25. The number of nitrogens with zero attached hydrogens (tertiary/aromatic N) is 2. The van der Waals surface area contributed by atoms with E-state index in [1.165, 1.54) is 15.9 Å². The number of benzene rings is 3. The first kappa shape index (κ1) is 26.2. The maximum absolute atomic E-state index is 8.60. The number of oxazole rings is 1. The van der Waals surface area contributed by atoms with Crippen LogP contribution in [0.25, 0.3) is 0 Å². The molecule has 34 heavy (non-hydrogen) atoms.